The molecule has 3 heterocycles. The Labute approximate surface area is 179 Å². The zero-order valence-corrected chi connectivity index (χ0v) is 17.7. The van der Waals surface area contributed by atoms with Crippen LogP contribution < -0.4 is 5.32 Å². The third-order valence-corrected chi connectivity index (χ3v) is 7.46. The largest absolute Gasteiger partial charge is 0.309 e. The molecule has 3 aromatic rings. The van der Waals surface area contributed by atoms with Gasteiger partial charge >= 0.3 is 0 Å². The quantitative estimate of drug-likeness (QED) is 0.657. The number of nitrogens with one attached hydrogen (secondary N) is 1. The molecule has 1 aromatic carbocycles. The Morgan fingerprint density at radius 1 is 1.10 bits per heavy atom. The Morgan fingerprint density at radius 3 is 2.48 bits per heavy atom. The van der Waals surface area contributed by atoms with Crippen LogP contribution in [-0.2, 0) is 21.2 Å². The molecule has 0 radical (unpaired) electrons. The number of pyridine rings is 1. The highest BCUT2D eigenvalue weighted by molar-refractivity contribution is 7.91. The number of nitrogens with zero attached hydrogens (tertiary/aromatic N) is 3. The molecule has 7 nitrogen and oxygen atoms in total. The first-order chi connectivity index (χ1) is 14.9. The summed E-state index contributed by atoms with van der Waals surface area (Å²) in [6, 6.07) is 10.6. The normalized spacial score (nSPS) is 18.9. The van der Waals surface area contributed by atoms with Crippen LogP contribution in [0.4, 0.5) is 10.2 Å². The average Bonchev–Trinajstić information content (AvgIpc) is 3.51. The van der Waals surface area contributed by atoms with Crippen molar-refractivity contribution in [3.63, 3.8) is 0 Å². The molecule has 0 bridgehead atoms. The van der Waals surface area contributed by atoms with Gasteiger partial charge in [0.2, 0.25) is 5.91 Å². The standard InChI is InChI=1S/C22H23FN4O3S/c23-18-7-8-20-24-19(25-22(28)17-5-6-17)14-27(20)21(18)16-3-1-15(2-4-16)13-26-9-11-31(29,30)12-10-26/h1-4,7-8,14,17H,5-6,9-13H2,(H,25,28). The molecule has 1 N–H and O–H groups in total. The lowest BCUT2D eigenvalue weighted by Gasteiger charge is -2.26. The van der Waals surface area contributed by atoms with E-state index in [4.69, 9.17) is 0 Å². The highest BCUT2D eigenvalue weighted by atomic mass is 32.2. The van der Waals surface area contributed by atoms with Gasteiger partial charge in [-0.15, -0.1) is 0 Å². The second-order valence-electron chi connectivity index (χ2n) is 8.27. The lowest BCUT2D eigenvalue weighted by molar-refractivity contribution is -0.117. The van der Waals surface area contributed by atoms with Crippen LogP contribution >= 0.6 is 0 Å². The molecular weight excluding hydrogens is 419 g/mol. The Kier molecular flexibility index (Phi) is 5.02. The van der Waals surface area contributed by atoms with Crippen molar-refractivity contribution in [1.29, 1.82) is 0 Å². The number of hydrogen-bond donors (Lipinski definition) is 1. The number of rotatable bonds is 5. The first-order valence-corrected chi connectivity index (χ1v) is 12.2. The molecule has 1 amide bonds. The number of sulfone groups is 1. The highest BCUT2D eigenvalue weighted by Crippen LogP contribution is 2.31. The Bertz CT molecular complexity index is 1240. The van der Waals surface area contributed by atoms with Gasteiger partial charge in [0.15, 0.2) is 15.7 Å². The van der Waals surface area contributed by atoms with Gasteiger partial charge in [0.05, 0.1) is 23.4 Å². The lowest BCUT2D eigenvalue weighted by atomic mass is 10.1. The van der Waals surface area contributed by atoms with E-state index in [1.165, 1.54) is 6.07 Å². The highest BCUT2D eigenvalue weighted by Gasteiger charge is 2.30. The summed E-state index contributed by atoms with van der Waals surface area (Å²) in [6.07, 6.45) is 3.45. The summed E-state index contributed by atoms with van der Waals surface area (Å²) in [5, 5.41) is 2.81. The molecule has 2 aromatic heterocycles. The summed E-state index contributed by atoms with van der Waals surface area (Å²) in [6.45, 7) is 1.72. The van der Waals surface area contributed by atoms with Crippen molar-refractivity contribution in [2.75, 3.05) is 29.9 Å². The number of anilines is 1. The minimum Gasteiger partial charge on any atom is -0.309 e. The van der Waals surface area contributed by atoms with Crippen LogP contribution in [0, 0.1) is 11.7 Å². The third kappa shape index (κ3) is 4.33. The number of carbonyl (C=O) groups is 1. The van der Waals surface area contributed by atoms with Crippen molar-refractivity contribution in [2.45, 2.75) is 19.4 Å². The summed E-state index contributed by atoms with van der Waals surface area (Å²) < 4.78 is 39.6. The van der Waals surface area contributed by atoms with E-state index in [1.54, 1.807) is 16.7 Å². The fourth-order valence-corrected chi connectivity index (χ4v) is 5.16. The maximum atomic E-state index is 14.8. The van der Waals surface area contributed by atoms with Gasteiger partial charge < -0.3 is 5.32 Å². The van der Waals surface area contributed by atoms with Gasteiger partial charge in [0.1, 0.15) is 11.5 Å². The minimum atomic E-state index is -2.90. The molecule has 2 fully saturated rings. The molecular formula is C22H23FN4O3S. The summed E-state index contributed by atoms with van der Waals surface area (Å²) in [5.41, 5.74) is 2.68. The van der Waals surface area contributed by atoms with Crippen LogP contribution in [0.5, 0.6) is 0 Å². The number of benzene rings is 1. The Balaban J connectivity index is 1.37. The number of aromatic nitrogens is 2. The van der Waals surface area contributed by atoms with Crippen LogP contribution in [0.3, 0.4) is 0 Å². The van der Waals surface area contributed by atoms with E-state index < -0.39 is 9.84 Å². The molecule has 9 heteroatoms. The van der Waals surface area contributed by atoms with Crippen molar-refractivity contribution in [3.05, 3.63) is 54.0 Å². The molecule has 1 saturated carbocycles. The third-order valence-electron chi connectivity index (χ3n) is 5.85. The van der Waals surface area contributed by atoms with Gasteiger partial charge in [-0.05, 0) is 30.5 Å². The molecule has 31 heavy (non-hydrogen) atoms. The van der Waals surface area contributed by atoms with Gasteiger partial charge in [0, 0.05) is 31.1 Å². The van der Waals surface area contributed by atoms with E-state index in [9.17, 15) is 17.6 Å². The second kappa shape index (κ2) is 7.72. The Hall–Kier alpha value is -2.78. The first-order valence-electron chi connectivity index (χ1n) is 10.4. The maximum Gasteiger partial charge on any atom is 0.228 e. The number of imidazole rings is 1. The lowest BCUT2D eigenvalue weighted by Crippen LogP contribution is -2.39. The smallest absolute Gasteiger partial charge is 0.228 e. The van der Waals surface area contributed by atoms with Crippen LogP contribution in [-0.4, -0.2) is 53.2 Å². The molecule has 1 saturated heterocycles. The van der Waals surface area contributed by atoms with Crippen molar-refractivity contribution in [2.24, 2.45) is 5.92 Å². The number of fused-ring (bicyclic) bond motifs is 1. The van der Waals surface area contributed by atoms with Crippen LogP contribution in [0.2, 0.25) is 0 Å². The monoisotopic (exact) mass is 442 g/mol. The van der Waals surface area contributed by atoms with E-state index in [2.05, 4.69) is 15.2 Å². The summed E-state index contributed by atoms with van der Waals surface area (Å²) in [7, 11) is -2.90. The van der Waals surface area contributed by atoms with Crippen molar-refractivity contribution < 1.29 is 17.6 Å². The summed E-state index contributed by atoms with van der Waals surface area (Å²) in [5.74, 6) is 0.449. The van der Waals surface area contributed by atoms with E-state index in [-0.39, 0.29) is 29.1 Å². The molecule has 1 aliphatic carbocycles. The molecule has 1 aliphatic heterocycles. The number of amides is 1. The number of halogens is 1. The van der Waals surface area contributed by atoms with E-state index in [0.717, 1.165) is 18.4 Å². The predicted octanol–water partition coefficient (Wildman–Crippen LogP) is 2.72. The zero-order valence-electron chi connectivity index (χ0n) is 16.9. The fraction of sp³-hybridized carbons (Fsp3) is 0.364. The fourth-order valence-electron chi connectivity index (χ4n) is 3.88. The zero-order chi connectivity index (χ0) is 21.6. The second-order valence-corrected chi connectivity index (χ2v) is 10.6. The predicted molar refractivity (Wildman–Crippen MR) is 116 cm³/mol. The molecule has 5 rings (SSSR count). The number of carbonyl (C=O) groups excluding carboxylic acids is 1. The molecule has 0 unspecified atom stereocenters. The topological polar surface area (TPSA) is 83.8 Å². The van der Waals surface area contributed by atoms with Gasteiger partial charge in [-0.2, -0.15) is 0 Å². The van der Waals surface area contributed by atoms with Crippen LogP contribution in [0.1, 0.15) is 18.4 Å². The molecule has 162 valence electrons. The van der Waals surface area contributed by atoms with Crippen LogP contribution in [0.25, 0.3) is 16.9 Å². The van der Waals surface area contributed by atoms with Crippen molar-refractivity contribution in [1.82, 2.24) is 14.3 Å². The van der Waals surface area contributed by atoms with E-state index in [0.29, 0.717) is 42.4 Å². The summed E-state index contributed by atoms with van der Waals surface area (Å²) >= 11 is 0. The average molecular weight is 443 g/mol. The van der Waals surface area contributed by atoms with Gasteiger partial charge in [-0.3, -0.25) is 14.1 Å². The maximum absolute atomic E-state index is 14.8. The van der Waals surface area contributed by atoms with E-state index in [1.807, 2.05) is 24.3 Å². The molecule has 0 atom stereocenters. The van der Waals surface area contributed by atoms with Gasteiger partial charge in [-0.25, -0.2) is 17.8 Å². The van der Waals surface area contributed by atoms with E-state index >= 15 is 0 Å². The Morgan fingerprint density at radius 2 is 1.81 bits per heavy atom. The minimum absolute atomic E-state index is 0.0414. The first kappa shape index (κ1) is 20.1. The SMILES string of the molecule is O=C(Nc1cn2c(-c3ccc(CN4CCS(=O)(=O)CC4)cc3)c(F)ccc2n1)C1CC1. The van der Waals surface area contributed by atoms with Crippen molar-refractivity contribution in [3.8, 4) is 11.3 Å². The molecule has 2 aliphatic rings. The van der Waals surface area contributed by atoms with Gasteiger partial charge in [-0.1, -0.05) is 24.3 Å². The van der Waals surface area contributed by atoms with Gasteiger partial charge in [0.25, 0.3) is 0 Å². The number of hydrogen-bond acceptors (Lipinski definition) is 5. The van der Waals surface area contributed by atoms with Crippen LogP contribution in [0.15, 0.2) is 42.6 Å². The molecule has 0 spiro atoms. The van der Waals surface area contributed by atoms with Crippen molar-refractivity contribution >= 4 is 27.2 Å². The summed E-state index contributed by atoms with van der Waals surface area (Å²) in [4.78, 5) is 18.6.